The van der Waals surface area contributed by atoms with Crippen LogP contribution >= 0.6 is 0 Å². The third-order valence-electron chi connectivity index (χ3n) is 5.55. The van der Waals surface area contributed by atoms with Crippen LogP contribution in [-0.2, 0) is 29.1 Å². The molecule has 0 saturated heterocycles. The van der Waals surface area contributed by atoms with E-state index in [1.165, 1.54) is 11.5 Å². The third-order valence-corrected chi connectivity index (χ3v) is 5.55. The van der Waals surface area contributed by atoms with Gasteiger partial charge in [-0.3, -0.25) is 14.4 Å². The summed E-state index contributed by atoms with van der Waals surface area (Å²) in [5, 5.41) is 16.7. The number of pyridine rings is 1. The average Bonchev–Trinajstić information content (AvgIpc) is 3.31. The zero-order valence-corrected chi connectivity index (χ0v) is 18.0. The number of aromatic carboxylic acids is 1. The molecule has 0 saturated carbocycles. The molecule has 3 heterocycles. The van der Waals surface area contributed by atoms with E-state index in [4.69, 9.17) is 9.90 Å². The van der Waals surface area contributed by atoms with Crippen molar-refractivity contribution in [3.63, 3.8) is 0 Å². The van der Waals surface area contributed by atoms with Crippen LogP contribution in [0.5, 0.6) is 0 Å². The van der Waals surface area contributed by atoms with Crippen molar-refractivity contribution in [2.24, 2.45) is 0 Å². The van der Waals surface area contributed by atoms with Crippen molar-refractivity contribution in [2.45, 2.75) is 32.5 Å². The molecule has 10 heteroatoms. The first kappa shape index (κ1) is 23.5. The smallest absolute Gasteiger partial charge is 0.341 e. The second-order valence-corrected chi connectivity index (χ2v) is 7.51. The summed E-state index contributed by atoms with van der Waals surface area (Å²) in [5.74, 6) is -1.32. The van der Waals surface area contributed by atoms with Gasteiger partial charge in [0.2, 0.25) is 5.91 Å². The second kappa shape index (κ2) is 10.4. The van der Waals surface area contributed by atoms with Crippen LogP contribution in [0.15, 0.2) is 60.0 Å². The first-order valence-corrected chi connectivity index (χ1v) is 10.2. The van der Waals surface area contributed by atoms with Gasteiger partial charge in [0.05, 0.1) is 12.4 Å². The number of imidazole rings is 1. The number of hydrogen-bond acceptors (Lipinski definition) is 5. The maximum Gasteiger partial charge on any atom is 0.341 e. The van der Waals surface area contributed by atoms with Gasteiger partial charge in [-0.2, -0.15) is 0 Å². The molecule has 0 spiro atoms. The summed E-state index contributed by atoms with van der Waals surface area (Å²) in [6.07, 6.45) is 7.19. The van der Waals surface area contributed by atoms with Gasteiger partial charge >= 0.3 is 5.97 Å². The maximum absolute atomic E-state index is 13.3. The van der Waals surface area contributed by atoms with Crippen LogP contribution in [0, 0.1) is 0 Å². The lowest BCUT2D eigenvalue weighted by Gasteiger charge is -2.30. The van der Waals surface area contributed by atoms with E-state index < -0.39 is 17.6 Å². The Kier molecular flexibility index (Phi) is 7.39. The summed E-state index contributed by atoms with van der Waals surface area (Å²) in [5.41, 5.74) is 1.35. The number of rotatable bonds is 5. The molecule has 33 heavy (non-hydrogen) atoms. The number of hydrogen-bond donors (Lipinski definition) is 2. The first-order chi connectivity index (χ1) is 15.9. The SMILES string of the molecule is CC(=O)N1CCc2c(cn(C(Cn3ccnc3)c3ccccc3)c(=O)c2C(=O)O)C1.O=CO. The Labute approximate surface area is 189 Å². The van der Waals surface area contributed by atoms with E-state index in [2.05, 4.69) is 4.98 Å². The average molecular weight is 452 g/mol. The van der Waals surface area contributed by atoms with Crippen molar-refractivity contribution in [2.75, 3.05) is 6.54 Å². The summed E-state index contributed by atoms with van der Waals surface area (Å²) in [6, 6.07) is 9.06. The van der Waals surface area contributed by atoms with Crippen molar-refractivity contribution in [1.82, 2.24) is 19.0 Å². The number of carbonyl (C=O) groups excluding carboxylic acids is 1. The zero-order chi connectivity index (χ0) is 24.0. The number of amides is 1. The molecule has 2 N–H and O–H groups in total. The fourth-order valence-corrected chi connectivity index (χ4v) is 4.02. The molecule has 172 valence electrons. The first-order valence-electron chi connectivity index (χ1n) is 10.2. The highest BCUT2D eigenvalue weighted by Crippen LogP contribution is 2.25. The molecule has 1 unspecified atom stereocenters. The van der Waals surface area contributed by atoms with Gasteiger partial charge in [0, 0.05) is 45.1 Å². The monoisotopic (exact) mass is 452 g/mol. The number of nitrogens with zero attached hydrogens (tertiary/aromatic N) is 4. The molecule has 1 atom stereocenters. The molecule has 0 radical (unpaired) electrons. The van der Waals surface area contributed by atoms with Crippen molar-refractivity contribution in [1.29, 1.82) is 0 Å². The van der Waals surface area contributed by atoms with E-state index in [1.807, 2.05) is 34.9 Å². The Morgan fingerprint density at radius 2 is 1.94 bits per heavy atom. The van der Waals surface area contributed by atoms with Gasteiger partial charge in [0.15, 0.2) is 0 Å². The lowest BCUT2D eigenvalue weighted by Crippen LogP contribution is -2.40. The maximum atomic E-state index is 13.3. The van der Waals surface area contributed by atoms with Gasteiger partial charge < -0.3 is 24.2 Å². The van der Waals surface area contributed by atoms with Crippen LogP contribution in [0.2, 0.25) is 0 Å². The Hall–Kier alpha value is -4.21. The summed E-state index contributed by atoms with van der Waals surface area (Å²) in [6.45, 7) is 2.35. The molecule has 10 nitrogen and oxygen atoms in total. The van der Waals surface area contributed by atoms with Crippen molar-refractivity contribution >= 4 is 18.3 Å². The number of carbonyl (C=O) groups is 3. The topological polar surface area (TPSA) is 135 Å². The van der Waals surface area contributed by atoms with E-state index >= 15 is 0 Å². The largest absolute Gasteiger partial charge is 0.483 e. The molecule has 2 aromatic heterocycles. The van der Waals surface area contributed by atoms with Gasteiger partial charge in [-0.15, -0.1) is 0 Å². The van der Waals surface area contributed by atoms with E-state index in [0.29, 0.717) is 30.6 Å². The molecule has 4 rings (SSSR count). The Morgan fingerprint density at radius 1 is 1.24 bits per heavy atom. The van der Waals surface area contributed by atoms with Crippen LogP contribution in [-0.4, -0.2) is 54.1 Å². The Bertz CT molecular complexity index is 1190. The summed E-state index contributed by atoms with van der Waals surface area (Å²) in [4.78, 5) is 51.3. The van der Waals surface area contributed by atoms with Crippen LogP contribution in [0.3, 0.4) is 0 Å². The van der Waals surface area contributed by atoms with Gasteiger partial charge in [0.25, 0.3) is 12.0 Å². The molecule has 1 amide bonds. The minimum absolute atomic E-state index is 0.0756. The van der Waals surface area contributed by atoms with Gasteiger partial charge in [-0.1, -0.05) is 30.3 Å². The number of benzene rings is 1. The highest BCUT2D eigenvalue weighted by Gasteiger charge is 2.29. The third kappa shape index (κ3) is 5.17. The lowest BCUT2D eigenvalue weighted by molar-refractivity contribution is -0.129. The molecule has 3 aromatic rings. The Morgan fingerprint density at radius 3 is 2.52 bits per heavy atom. The minimum Gasteiger partial charge on any atom is -0.483 e. The zero-order valence-electron chi connectivity index (χ0n) is 18.0. The molecule has 0 bridgehead atoms. The van der Waals surface area contributed by atoms with Crippen LogP contribution < -0.4 is 5.56 Å². The second-order valence-electron chi connectivity index (χ2n) is 7.51. The van der Waals surface area contributed by atoms with Crippen LogP contribution in [0.1, 0.15) is 40.0 Å². The summed E-state index contributed by atoms with van der Waals surface area (Å²) >= 11 is 0. The predicted molar refractivity (Wildman–Crippen MR) is 118 cm³/mol. The van der Waals surface area contributed by atoms with Crippen molar-refractivity contribution in [3.8, 4) is 0 Å². The number of carboxylic acid groups (broad SMARTS) is 2. The molecule has 0 fully saturated rings. The normalized spacial score (nSPS) is 13.3. The molecular formula is C23H24N4O6. The van der Waals surface area contributed by atoms with Gasteiger partial charge in [-0.25, -0.2) is 9.78 Å². The summed E-state index contributed by atoms with van der Waals surface area (Å²) in [7, 11) is 0. The molecule has 1 aliphatic heterocycles. The van der Waals surface area contributed by atoms with Crippen molar-refractivity contribution in [3.05, 3.63) is 87.9 Å². The summed E-state index contributed by atoms with van der Waals surface area (Å²) < 4.78 is 3.34. The quantitative estimate of drug-likeness (QED) is 0.562. The van der Waals surface area contributed by atoms with E-state index in [0.717, 1.165) is 5.56 Å². The number of aromatic nitrogens is 3. The minimum atomic E-state index is -1.24. The molecule has 1 aromatic carbocycles. The van der Waals surface area contributed by atoms with E-state index in [1.54, 1.807) is 29.8 Å². The fourth-order valence-electron chi connectivity index (χ4n) is 4.02. The fraction of sp³-hybridized carbons (Fsp3) is 0.261. The van der Waals surface area contributed by atoms with E-state index in [9.17, 15) is 19.5 Å². The van der Waals surface area contributed by atoms with Gasteiger partial charge in [-0.05, 0) is 23.1 Å². The molecular weight excluding hydrogens is 428 g/mol. The van der Waals surface area contributed by atoms with Gasteiger partial charge in [0.1, 0.15) is 5.56 Å². The highest BCUT2D eigenvalue weighted by molar-refractivity contribution is 5.89. The van der Waals surface area contributed by atoms with Crippen molar-refractivity contribution < 1.29 is 24.6 Å². The molecule has 1 aliphatic rings. The standard InChI is InChI=1S/C22H22N4O4.CH2O2/c1-15(27)25-9-7-18-17(11-25)12-26(21(28)20(18)22(29)30)19(13-24-10-8-23-14-24)16-5-3-2-4-6-16;2-1-3/h2-6,8,10,12,14,19H,7,9,11,13H2,1H3,(H,29,30);1H,(H,2,3). The Balaban J connectivity index is 0.000000968. The highest BCUT2D eigenvalue weighted by atomic mass is 16.4. The predicted octanol–water partition coefficient (Wildman–Crippen LogP) is 1.64. The number of fused-ring (bicyclic) bond motifs is 1. The van der Waals surface area contributed by atoms with Crippen LogP contribution in [0.4, 0.5) is 0 Å². The van der Waals surface area contributed by atoms with E-state index in [-0.39, 0.29) is 24.5 Å². The number of carboxylic acids is 1. The molecule has 0 aliphatic carbocycles. The van der Waals surface area contributed by atoms with Crippen LogP contribution in [0.25, 0.3) is 0 Å². The lowest BCUT2D eigenvalue weighted by atomic mass is 9.95.